The van der Waals surface area contributed by atoms with E-state index in [9.17, 15) is 9.90 Å². The fraction of sp³-hybridized carbons (Fsp3) is 0.125. The molecule has 0 amide bonds. The number of carbonyl (C=O) groups excluding carboxylic acids is 1. The number of carboxylic acid groups (broad SMARTS) is 1. The highest BCUT2D eigenvalue weighted by Crippen LogP contribution is 2.15. The first-order chi connectivity index (χ1) is 9.68. The van der Waals surface area contributed by atoms with Gasteiger partial charge in [0.15, 0.2) is 17.0 Å². The summed E-state index contributed by atoms with van der Waals surface area (Å²) in [5.74, 6) is -0.991. The van der Waals surface area contributed by atoms with E-state index in [1.807, 2.05) is 54.6 Å². The fourth-order valence-electron chi connectivity index (χ4n) is 2.56. The van der Waals surface area contributed by atoms with E-state index < -0.39 is 5.97 Å². The summed E-state index contributed by atoms with van der Waals surface area (Å²) in [4.78, 5) is 11.4. The van der Waals surface area contributed by atoms with Gasteiger partial charge < -0.3 is 9.90 Å². The third-order valence-corrected chi connectivity index (χ3v) is 3.47. The third-order valence-electron chi connectivity index (χ3n) is 3.47. The molecule has 0 aliphatic carbocycles. The molecule has 0 bridgehead atoms. The highest BCUT2D eigenvalue weighted by atomic mass is 16.4. The van der Waals surface area contributed by atoms with Crippen LogP contribution in [-0.2, 0) is 13.6 Å². The normalized spacial score (nSPS) is 10.8. The Balaban J connectivity index is 2.22. The van der Waals surface area contributed by atoms with Crippen molar-refractivity contribution < 1.29 is 14.5 Å². The first-order valence-electron chi connectivity index (χ1n) is 6.41. The van der Waals surface area contributed by atoms with Crippen LogP contribution in [0, 0.1) is 0 Å². The summed E-state index contributed by atoms with van der Waals surface area (Å²) in [6.07, 6.45) is 0. The minimum absolute atomic E-state index is 0.176. The standard InChI is InChI=1S/C16H14N2O2/c1-17-13-9-5-6-10-14(13)18(15(17)16(19)20)11-12-7-3-2-4-8-12/h2-10H,11H2,1H3. The number of rotatable bonds is 3. The number of aromatic carboxylic acids is 1. The van der Waals surface area contributed by atoms with E-state index in [0.717, 1.165) is 16.6 Å². The number of benzene rings is 2. The minimum Gasteiger partial charge on any atom is -0.538 e. The molecule has 2 aromatic carbocycles. The molecule has 3 aromatic rings. The minimum atomic E-state index is -1.17. The van der Waals surface area contributed by atoms with E-state index in [2.05, 4.69) is 0 Å². The number of aromatic nitrogens is 2. The first-order valence-corrected chi connectivity index (χ1v) is 6.41. The van der Waals surface area contributed by atoms with Gasteiger partial charge >= 0.3 is 5.82 Å². The van der Waals surface area contributed by atoms with Crippen molar-refractivity contribution in [3.05, 3.63) is 66.0 Å². The molecule has 0 spiro atoms. The van der Waals surface area contributed by atoms with E-state index in [-0.39, 0.29) is 5.82 Å². The Hall–Kier alpha value is -2.62. The molecule has 0 saturated carbocycles. The van der Waals surface area contributed by atoms with Crippen molar-refractivity contribution in [3.63, 3.8) is 0 Å². The molecule has 100 valence electrons. The first kappa shape index (κ1) is 12.4. The number of hydrogen-bond donors (Lipinski definition) is 0. The molecule has 0 fully saturated rings. The van der Waals surface area contributed by atoms with Crippen molar-refractivity contribution in [2.75, 3.05) is 0 Å². The number of imidazole rings is 1. The molecule has 4 heteroatoms. The van der Waals surface area contributed by atoms with Crippen molar-refractivity contribution in [3.8, 4) is 0 Å². The number of carboxylic acids is 1. The zero-order valence-corrected chi connectivity index (χ0v) is 11.1. The van der Waals surface area contributed by atoms with Crippen molar-refractivity contribution in [2.24, 2.45) is 7.05 Å². The second-order valence-corrected chi connectivity index (χ2v) is 4.73. The van der Waals surface area contributed by atoms with Gasteiger partial charge in [0.25, 0.3) is 0 Å². The average Bonchev–Trinajstić information content (AvgIpc) is 2.74. The number of para-hydroxylation sites is 2. The molecule has 0 atom stereocenters. The SMILES string of the molecule is C[n+]1c(C(=O)[O-])n(Cc2ccccc2)c2ccccc21. The molecule has 0 aliphatic heterocycles. The molecular weight excluding hydrogens is 252 g/mol. The van der Waals surface area contributed by atoms with Crippen LogP contribution in [0.15, 0.2) is 54.6 Å². The Labute approximate surface area is 116 Å². The van der Waals surface area contributed by atoms with Crippen molar-refractivity contribution in [1.29, 1.82) is 0 Å². The maximum absolute atomic E-state index is 11.4. The molecule has 0 unspecified atom stereocenters. The average molecular weight is 266 g/mol. The molecule has 1 aromatic heterocycles. The van der Waals surface area contributed by atoms with Gasteiger partial charge in [0, 0.05) is 0 Å². The molecule has 0 saturated heterocycles. The maximum atomic E-state index is 11.4. The molecule has 0 aliphatic rings. The molecule has 4 nitrogen and oxygen atoms in total. The second kappa shape index (κ2) is 4.81. The summed E-state index contributed by atoms with van der Waals surface area (Å²) in [6.45, 7) is 0.505. The van der Waals surface area contributed by atoms with Crippen LogP contribution in [0.3, 0.4) is 0 Å². The summed E-state index contributed by atoms with van der Waals surface area (Å²) < 4.78 is 3.44. The Kier molecular flexibility index (Phi) is 2.99. The topological polar surface area (TPSA) is 48.9 Å². The van der Waals surface area contributed by atoms with Crippen molar-refractivity contribution in [2.45, 2.75) is 6.54 Å². The summed E-state index contributed by atoms with van der Waals surface area (Å²) in [7, 11) is 1.74. The molecule has 20 heavy (non-hydrogen) atoms. The van der Waals surface area contributed by atoms with Crippen LogP contribution in [0.4, 0.5) is 0 Å². The Morgan fingerprint density at radius 3 is 2.45 bits per heavy atom. The predicted octanol–water partition coefficient (Wildman–Crippen LogP) is 0.878. The van der Waals surface area contributed by atoms with Gasteiger partial charge in [0.05, 0.1) is 7.05 Å². The number of fused-ring (bicyclic) bond motifs is 1. The zero-order chi connectivity index (χ0) is 14.1. The summed E-state index contributed by atoms with van der Waals surface area (Å²) in [5.41, 5.74) is 2.82. The lowest BCUT2D eigenvalue weighted by Crippen LogP contribution is -2.42. The van der Waals surface area contributed by atoms with Crippen LogP contribution >= 0.6 is 0 Å². The van der Waals surface area contributed by atoms with E-state index in [1.54, 1.807) is 16.2 Å². The number of carbonyl (C=O) groups is 1. The van der Waals surface area contributed by atoms with Gasteiger partial charge in [-0.15, -0.1) is 0 Å². The smallest absolute Gasteiger partial charge is 0.305 e. The van der Waals surface area contributed by atoms with Crippen molar-refractivity contribution >= 4 is 17.0 Å². The van der Waals surface area contributed by atoms with E-state index >= 15 is 0 Å². The van der Waals surface area contributed by atoms with E-state index in [4.69, 9.17) is 0 Å². The highest BCUT2D eigenvalue weighted by Gasteiger charge is 2.23. The van der Waals surface area contributed by atoms with Crippen LogP contribution in [-0.4, -0.2) is 10.5 Å². The van der Waals surface area contributed by atoms with Gasteiger partial charge in [-0.2, -0.15) is 0 Å². The van der Waals surface area contributed by atoms with Gasteiger partial charge in [0.2, 0.25) is 0 Å². The van der Waals surface area contributed by atoms with E-state index in [1.165, 1.54) is 0 Å². The summed E-state index contributed by atoms with van der Waals surface area (Å²) >= 11 is 0. The predicted molar refractivity (Wildman–Crippen MR) is 73.0 cm³/mol. The van der Waals surface area contributed by atoms with Gasteiger partial charge in [-0.3, -0.25) is 0 Å². The molecular formula is C16H14N2O2. The van der Waals surface area contributed by atoms with Gasteiger partial charge in [0.1, 0.15) is 6.54 Å². The van der Waals surface area contributed by atoms with Gasteiger partial charge in [-0.1, -0.05) is 42.5 Å². The van der Waals surface area contributed by atoms with Crippen LogP contribution < -0.4 is 9.67 Å². The van der Waals surface area contributed by atoms with Crippen LogP contribution in [0.1, 0.15) is 16.2 Å². The quantitative estimate of drug-likeness (QED) is 0.661. The lowest BCUT2D eigenvalue weighted by molar-refractivity contribution is -0.650. The molecule has 0 N–H and O–H groups in total. The van der Waals surface area contributed by atoms with Gasteiger partial charge in [-0.25, -0.2) is 9.13 Å². The number of aryl methyl sites for hydroxylation is 1. The molecule has 1 heterocycles. The van der Waals surface area contributed by atoms with Crippen LogP contribution in [0.5, 0.6) is 0 Å². The third kappa shape index (κ3) is 1.95. The number of nitrogens with zero attached hydrogens (tertiary/aromatic N) is 2. The zero-order valence-electron chi connectivity index (χ0n) is 11.1. The monoisotopic (exact) mass is 266 g/mol. The van der Waals surface area contributed by atoms with E-state index in [0.29, 0.717) is 6.54 Å². The highest BCUT2D eigenvalue weighted by molar-refractivity contribution is 5.85. The van der Waals surface area contributed by atoms with Gasteiger partial charge in [-0.05, 0) is 17.7 Å². The Morgan fingerprint density at radius 2 is 1.75 bits per heavy atom. The van der Waals surface area contributed by atoms with Crippen LogP contribution in [0.2, 0.25) is 0 Å². The maximum Gasteiger partial charge on any atom is 0.305 e. The molecule has 3 rings (SSSR count). The largest absolute Gasteiger partial charge is 0.538 e. The summed E-state index contributed by atoms with van der Waals surface area (Å²) in [6, 6.07) is 17.4. The second-order valence-electron chi connectivity index (χ2n) is 4.73. The lowest BCUT2D eigenvalue weighted by atomic mass is 10.2. The molecule has 0 radical (unpaired) electrons. The number of hydrogen-bond acceptors (Lipinski definition) is 2. The fourth-order valence-corrected chi connectivity index (χ4v) is 2.56. The summed E-state index contributed by atoms with van der Waals surface area (Å²) in [5, 5.41) is 11.4. The lowest BCUT2D eigenvalue weighted by Gasteiger charge is -2.04. The Morgan fingerprint density at radius 1 is 1.10 bits per heavy atom. The van der Waals surface area contributed by atoms with Crippen LogP contribution in [0.25, 0.3) is 11.0 Å². The Bertz CT molecular complexity index is 776. The van der Waals surface area contributed by atoms with Crippen molar-refractivity contribution in [1.82, 2.24) is 4.57 Å².